The highest BCUT2D eigenvalue weighted by Gasteiger charge is 2.32. The minimum atomic E-state index is -0.748. The molecule has 0 atom stereocenters. The van der Waals surface area contributed by atoms with Crippen LogP contribution >= 0.6 is 11.3 Å². The van der Waals surface area contributed by atoms with Crippen LogP contribution in [-0.2, 0) is 0 Å². The third kappa shape index (κ3) is 2.84. The summed E-state index contributed by atoms with van der Waals surface area (Å²) in [4.78, 5) is 11.7. The van der Waals surface area contributed by atoms with Crippen LogP contribution < -0.4 is 15.4 Å². The van der Waals surface area contributed by atoms with Gasteiger partial charge in [-0.1, -0.05) is 11.3 Å². The molecule has 1 saturated heterocycles. The minimum absolute atomic E-state index is 0.299. The lowest BCUT2D eigenvalue weighted by atomic mass is 9.92. The normalized spacial score (nSPS) is 17.2. The molecule has 3 aromatic heterocycles. The summed E-state index contributed by atoms with van der Waals surface area (Å²) in [5, 5.41) is 15.9. The average molecular weight is 360 g/mol. The summed E-state index contributed by atoms with van der Waals surface area (Å²) < 4.78 is 7.17. The molecule has 0 unspecified atom stereocenters. The fraction of sp³-hybridized carbons (Fsp3) is 0.438. The van der Waals surface area contributed by atoms with Gasteiger partial charge in [0.1, 0.15) is 0 Å². The van der Waals surface area contributed by atoms with Crippen molar-refractivity contribution in [1.82, 2.24) is 19.6 Å². The van der Waals surface area contributed by atoms with Crippen LogP contribution in [0.5, 0.6) is 5.88 Å². The minimum Gasteiger partial charge on any atom is -0.481 e. The molecule has 0 aromatic carbocycles. The molecule has 0 spiro atoms. The van der Waals surface area contributed by atoms with Crippen LogP contribution in [0.25, 0.3) is 16.2 Å². The number of methoxy groups -OCH3 is 1. The Bertz CT molecular complexity index is 884. The molecule has 0 amide bonds. The van der Waals surface area contributed by atoms with Crippen LogP contribution in [-0.4, -0.2) is 57.0 Å². The van der Waals surface area contributed by atoms with Crippen molar-refractivity contribution in [1.29, 1.82) is 0 Å². The van der Waals surface area contributed by atoms with Gasteiger partial charge in [0.15, 0.2) is 0 Å². The summed E-state index contributed by atoms with van der Waals surface area (Å²) in [6.45, 7) is 1.76. The van der Waals surface area contributed by atoms with Crippen LogP contribution in [0.3, 0.4) is 0 Å². The van der Waals surface area contributed by atoms with Crippen molar-refractivity contribution in [2.45, 2.75) is 18.4 Å². The van der Waals surface area contributed by atoms with Crippen molar-refractivity contribution >= 4 is 21.4 Å². The number of nitrogens with two attached hydrogens (primary N) is 1. The second kappa shape index (κ2) is 6.25. The number of aliphatic hydroxyl groups is 1. The molecule has 3 N–H and O–H groups in total. The number of anilines is 1. The zero-order valence-corrected chi connectivity index (χ0v) is 14.7. The second-order valence-corrected chi connectivity index (χ2v) is 7.13. The molecule has 4 heterocycles. The van der Waals surface area contributed by atoms with E-state index in [-0.39, 0.29) is 0 Å². The number of ether oxygens (including phenoxy) is 1. The summed E-state index contributed by atoms with van der Waals surface area (Å²) in [6.07, 6.45) is 4.77. The average Bonchev–Trinajstić information content (AvgIpc) is 3.23. The maximum absolute atomic E-state index is 10.3. The smallest absolute Gasteiger partial charge is 0.222 e. The molecular weight excluding hydrogens is 340 g/mol. The number of fused-ring (bicyclic) bond motifs is 1. The Labute approximate surface area is 148 Å². The maximum Gasteiger partial charge on any atom is 0.222 e. The highest BCUT2D eigenvalue weighted by molar-refractivity contribution is 7.20. The van der Waals surface area contributed by atoms with E-state index in [1.807, 2.05) is 16.6 Å². The topological polar surface area (TPSA) is 102 Å². The van der Waals surface area contributed by atoms with E-state index in [0.717, 1.165) is 34.4 Å². The molecule has 1 aliphatic heterocycles. The van der Waals surface area contributed by atoms with Crippen molar-refractivity contribution in [2.75, 3.05) is 31.6 Å². The lowest BCUT2D eigenvalue weighted by Gasteiger charge is -2.37. The van der Waals surface area contributed by atoms with Crippen LogP contribution in [0.1, 0.15) is 12.8 Å². The molecule has 4 rings (SSSR count). The lowest BCUT2D eigenvalue weighted by Crippen LogP contribution is -2.48. The number of pyridine rings is 1. The predicted molar refractivity (Wildman–Crippen MR) is 96.1 cm³/mol. The van der Waals surface area contributed by atoms with Crippen LogP contribution in [0.4, 0.5) is 5.13 Å². The molecule has 0 bridgehead atoms. The third-order valence-corrected chi connectivity index (χ3v) is 5.64. The number of imidazole rings is 1. The Morgan fingerprint density at radius 1 is 1.36 bits per heavy atom. The van der Waals surface area contributed by atoms with Crippen molar-refractivity contribution in [3.8, 4) is 17.1 Å². The van der Waals surface area contributed by atoms with E-state index in [0.29, 0.717) is 25.3 Å². The SMILES string of the molecule is COc1ncccc1-c1cnc2sc(N3CCC(O)(CN)CC3)nn12. The lowest BCUT2D eigenvalue weighted by molar-refractivity contribution is 0.0249. The van der Waals surface area contributed by atoms with Crippen molar-refractivity contribution in [3.63, 3.8) is 0 Å². The van der Waals surface area contributed by atoms with E-state index in [9.17, 15) is 5.11 Å². The molecule has 9 heteroatoms. The van der Waals surface area contributed by atoms with E-state index in [4.69, 9.17) is 15.6 Å². The van der Waals surface area contributed by atoms with Gasteiger partial charge < -0.3 is 20.5 Å². The quantitative estimate of drug-likeness (QED) is 0.719. The zero-order chi connectivity index (χ0) is 17.4. The Morgan fingerprint density at radius 3 is 2.88 bits per heavy atom. The largest absolute Gasteiger partial charge is 0.481 e. The fourth-order valence-corrected chi connectivity index (χ4v) is 3.99. The van der Waals surface area contributed by atoms with Crippen LogP contribution in [0.15, 0.2) is 24.5 Å². The van der Waals surface area contributed by atoms with Gasteiger partial charge in [-0.15, -0.1) is 5.10 Å². The molecule has 8 nitrogen and oxygen atoms in total. The summed E-state index contributed by atoms with van der Waals surface area (Å²) in [5.41, 5.74) is 6.61. The highest BCUT2D eigenvalue weighted by atomic mass is 32.1. The van der Waals surface area contributed by atoms with Gasteiger partial charge in [0, 0.05) is 25.8 Å². The molecule has 1 fully saturated rings. The number of aromatic nitrogens is 4. The summed E-state index contributed by atoms with van der Waals surface area (Å²) in [6, 6.07) is 3.80. The van der Waals surface area contributed by atoms with Crippen molar-refractivity contribution < 1.29 is 9.84 Å². The standard InChI is InChI=1S/C16H20N6O2S/c1-24-13-11(3-2-6-18-13)12-9-19-14-22(12)20-15(25-14)21-7-4-16(23,10-17)5-8-21/h2-3,6,9,23H,4-5,7-8,10,17H2,1H3. The first-order valence-electron chi connectivity index (χ1n) is 8.15. The molecule has 3 aromatic rings. The van der Waals surface area contributed by atoms with Crippen LogP contribution in [0, 0.1) is 0 Å². The van der Waals surface area contributed by atoms with Crippen LogP contribution in [0.2, 0.25) is 0 Å². The van der Waals surface area contributed by atoms with Gasteiger partial charge in [0.05, 0.1) is 30.2 Å². The molecule has 132 valence electrons. The Morgan fingerprint density at radius 2 is 2.16 bits per heavy atom. The maximum atomic E-state index is 10.3. The zero-order valence-electron chi connectivity index (χ0n) is 13.9. The van der Waals surface area contributed by atoms with E-state index in [1.54, 1.807) is 19.5 Å². The molecule has 25 heavy (non-hydrogen) atoms. The van der Waals surface area contributed by atoms with Gasteiger partial charge >= 0.3 is 0 Å². The first-order chi connectivity index (χ1) is 12.1. The van der Waals surface area contributed by atoms with Gasteiger partial charge in [-0.25, -0.2) is 14.5 Å². The highest BCUT2D eigenvalue weighted by Crippen LogP contribution is 2.33. The molecule has 0 aliphatic carbocycles. The molecule has 1 aliphatic rings. The number of hydrogen-bond acceptors (Lipinski definition) is 8. The molecule has 0 radical (unpaired) electrons. The Kier molecular flexibility index (Phi) is 4.06. The van der Waals surface area contributed by atoms with Gasteiger partial charge in [-0.3, -0.25) is 0 Å². The first kappa shape index (κ1) is 16.2. The Hall–Kier alpha value is -2.23. The number of piperidine rings is 1. The summed E-state index contributed by atoms with van der Waals surface area (Å²) >= 11 is 1.53. The van der Waals surface area contributed by atoms with Gasteiger partial charge in [-0.2, -0.15) is 0 Å². The summed E-state index contributed by atoms with van der Waals surface area (Å²) in [7, 11) is 1.60. The van der Waals surface area contributed by atoms with E-state index < -0.39 is 5.60 Å². The predicted octanol–water partition coefficient (Wildman–Crippen LogP) is 1.15. The fourth-order valence-electron chi connectivity index (χ4n) is 3.06. The van der Waals surface area contributed by atoms with E-state index >= 15 is 0 Å². The number of nitrogens with zero attached hydrogens (tertiary/aromatic N) is 5. The van der Waals surface area contributed by atoms with E-state index in [2.05, 4.69) is 14.9 Å². The number of hydrogen-bond donors (Lipinski definition) is 2. The third-order valence-electron chi connectivity index (χ3n) is 4.66. The van der Waals surface area contributed by atoms with Gasteiger partial charge in [-0.05, 0) is 25.0 Å². The second-order valence-electron chi connectivity index (χ2n) is 6.20. The monoisotopic (exact) mass is 360 g/mol. The van der Waals surface area contributed by atoms with Gasteiger partial charge in [0.2, 0.25) is 16.0 Å². The van der Waals surface area contributed by atoms with Crippen molar-refractivity contribution in [3.05, 3.63) is 24.5 Å². The summed E-state index contributed by atoms with van der Waals surface area (Å²) in [5.74, 6) is 0.546. The number of rotatable bonds is 4. The van der Waals surface area contributed by atoms with E-state index in [1.165, 1.54) is 11.3 Å². The molecular formula is C16H20N6O2S. The first-order valence-corrected chi connectivity index (χ1v) is 8.96. The Balaban J connectivity index is 1.65. The van der Waals surface area contributed by atoms with Gasteiger partial charge in [0.25, 0.3) is 0 Å². The molecule has 0 saturated carbocycles. The van der Waals surface area contributed by atoms with Crippen molar-refractivity contribution in [2.24, 2.45) is 5.73 Å².